The molecule has 0 aliphatic rings. The number of fused-ring (bicyclic) bond motifs is 9. The summed E-state index contributed by atoms with van der Waals surface area (Å²) in [6.45, 7) is 0. The van der Waals surface area contributed by atoms with E-state index in [1.807, 2.05) is 103 Å². The van der Waals surface area contributed by atoms with Gasteiger partial charge in [-0.3, -0.25) is 0 Å². The molecular weight excluding hydrogens is 631 g/mol. The van der Waals surface area contributed by atoms with Gasteiger partial charge in [0.2, 0.25) is 0 Å². The van der Waals surface area contributed by atoms with Gasteiger partial charge in [-0.25, -0.2) is 15.0 Å². The van der Waals surface area contributed by atoms with Crippen LogP contribution in [-0.2, 0) is 0 Å². The second kappa shape index (κ2) is 10.7. The van der Waals surface area contributed by atoms with E-state index < -0.39 is 0 Å². The van der Waals surface area contributed by atoms with Gasteiger partial charge in [-0.05, 0) is 53.6 Å². The number of aromatic nitrogens is 3. The lowest BCUT2D eigenvalue weighted by Crippen LogP contribution is -2.00. The highest BCUT2D eigenvalue weighted by atomic mass is 16.3. The number of furan rings is 3. The van der Waals surface area contributed by atoms with Gasteiger partial charge in [0.25, 0.3) is 0 Å². The summed E-state index contributed by atoms with van der Waals surface area (Å²) in [7, 11) is 0. The van der Waals surface area contributed by atoms with Crippen molar-refractivity contribution >= 4 is 65.8 Å². The smallest absolute Gasteiger partial charge is 0.167 e. The molecule has 0 saturated heterocycles. The Hall–Kier alpha value is -7.05. The molecule has 0 atom stereocenters. The molecular formula is C45H25N3O3. The maximum Gasteiger partial charge on any atom is 0.167 e. The molecule has 238 valence electrons. The number of para-hydroxylation sites is 2. The third-order valence-corrected chi connectivity index (χ3v) is 9.74. The molecule has 0 unspecified atom stereocenters. The van der Waals surface area contributed by atoms with Crippen LogP contribution in [0.15, 0.2) is 165 Å². The van der Waals surface area contributed by atoms with E-state index in [4.69, 9.17) is 28.2 Å². The van der Waals surface area contributed by atoms with Gasteiger partial charge in [0.15, 0.2) is 17.5 Å². The van der Waals surface area contributed by atoms with Crippen LogP contribution < -0.4 is 0 Å². The molecule has 0 bridgehead atoms. The predicted molar refractivity (Wildman–Crippen MR) is 203 cm³/mol. The quantitative estimate of drug-likeness (QED) is 0.188. The fourth-order valence-corrected chi connectivity index (χ4v) is 7.26. The van der Waals surface area contributed by atoms with Crippen LogP contribution >= 0.6 is 0 Å². The first-order valence-electron chi connectivity index (χ1n) is 16.8. The highest BCUT2D eigenvalue weighted by Gasteiger charge is 2.19. The molecule has 7 aromatic carbocycles. The zero-order valence-electron chi connectivity index (χ0n) is 27.0. The van der Waals surface area contributed by atoms with E-state index in [0.29, 0.717) is 17.5 Å². The van der Waals surface area contributed by atoms with E-state index in [0.717, 1.165) is 93.6 Å². The molecule has 0 fully saturated rings. The summed E-state index contributed by atoms with van der Waals surface area (Å²) in [6.07, 6.45) is 0. The van der Waals surface area contributed by atoms with E-state index in [1.165, 1.54) is 0 Å². The number of rotatable bonds is 4. The van der Waals surface area contributed by atoms with Crippen LogP contribution in [0.1, 0.15) is 0 Å². The van der Waals surface area contributed by atoms with Crippen molar-refractivity contribution in [3.63, 3.8) is 0 Å². The van der Waals surface area contributed by atoms with Crippen molar-refractivity contribution in [2.75, 3.05) is 0 Å². The second-order valence-electron chi connectivity index (χ2n) is 12.8. The lowest BCUT2D eigenvalue weighted by atomic mass is 10.00. The maximum absolute atomic E-state index is 6.58. The Morgan fingerprint density at radius 3 is 1.49 bits per heavy atom. The Balaban J connectivity index is 1.05. The number of hydrogen-bond acceptors (Lipinski definition) is 6. The number of hydrogen-bond donors (Lipinski definition) is 0. The molecule has 0 spiro atoms. The minimum absolute atomic E-state index is 0.560. The third kappa shape index (κ3) is 4.40. The van der Waals surface area contributed by atoms with Gasteiger partial charge in [-0.2, -0.15) is 0 Å². The van der Waals surface area contributed by atoms with Crippen LogP contribution in [0, 0.1) is 0 Å². The SMILES string of the molecule is c1ccc(-c2nc(-c3ccccc3)nc(-c3cccc4c3oc3ccc(-c5ccc6oc7cc8oc9ccccc9c8cc7c6c5)cc34)n2)cc1. The van der Waals surface area contributed by atoms with Crippen LogP contribution in [0.3, 0.4) is 0 Å². The molecule has 51 heavy (non-hydrogen) atoms. The molecule has 0 aliphatic carbocycles. The van der Waals surface area contributed by atoms with Crippen LogP contribution in [0.5, 0.6) is 0 Å². The number of benzene rings is 7. The van der Waals surface area contributed by atoms with Crippen LogP contribution in [0.2, 0.25) is 0 Å². The zero-order valence-corrected chi connectivity index (χ0v) is 27.0. The Morgan fingerprint density at radius 1 is 0.294 bits per heavy atom. The van der Waals surface area contributed by atoms with Gasteiger partial charge in [0, 0.05) is 49.5 Å². The first-order valence-corrected chi connectivity index (χ1v) is 16.8. The zero-order chi connectivity index (χ0) is 33.5. The lowest BCUT2D eigenvalue weighted by molar-refractivity contribution is 0.656. The van der Waals surface area contributed by atoms with Crippen molar-refractivity contribution in [3.8, 4) is 45.3 Å². The first kappa shape index (κ1) is 27.9. The van der Waals surface area contributed by atoms with Gasteiger partial charge in [-0.15, -0.1) is 0 Å². The Labute approximate surface area is 290 Å². The van der Waals surface area contributed by atoms with Gasteiger partial charge in [0.05, 0.1) is 5.56 Å². The summed E-state index contributed by atoms with van der Waals surface area (Å²) < 4.78 is 19.0. The lowest BCUT2D eigenvalue weighted by Gasteiger charge is -2.08. The average Bonchev–Trinajstić information content (AvgIpc) is 3.87. The third-order valence-electron chi connectivity index (χ3n) is 9.74. The highest BCUT2D eigenvalue weighted by Crippen LogP contribution is 2.40. The minimum atomic E-state index is 0.560. The molecule has 0 radical (unpaired) electrons. The Kier molecular flexibility index (Phi) is 5.86. The molecule has 0 N–H and O–H groups in total. The fraction of sp³-hybridized carbons (Fsp3) is 0. The van der Waals surface area contributed by atoms with E-state index in [-0.39, 0.29) is 0 Å². The summed E-state index contributed by atoms with van der Waals surface area (Å²) >= 11 is 0. The van der Waals surface area contributed by atoms with Gasteiger partial charge >= 0.3 is 0 Å². The van der Waals surface area contributed by atoms with Gasteiger partial charge in [0.1, 0.15) is 33.5 Å². The molecule has 4 heterocycles. The van der Waals surface area contributed by atoms with Gasteiger partial charge < -0.3 is 13.3 Å². The summed E-state index contributed by atoms with van der Waals surface area (Å²) in [4.78, 5) is 14.8. The summed E-state index contributed by atoms with van der Waals surface area (Å²) in [5, 5.41) is 6.32. The van der Waals surface area contributed by atoms with Crippen LogP contribution in [0.4, 0.5) is 0 Å². The van der Waals surface area contributed by atoms with Crippen molar-refractivity contribution in [2.24, 2.45) is 0 Å². The Morgan fingerprint density at radius 2 is 0.804 bits per heavy atom. The van der Waals surface area contributed by atoms with E-state index in [2.05, 4.69) is 48.5 Å². The average molecular weight is 656 g/mol. The monoisotopic (exact) mass is 655 g/mol. The molecule has 11 aromatic rings. The molecule has 0 aliphatic heterocycles. The standard InChI is InChI=1S/C45H25N3O3/c1-3-10-26(11-4-1)43-46-44(27-12-5-2-6-13-27)48-45(47-43)32-16-9-15-31-33-22-28(19-21-39(33)51-42(31)32)29-18-20-38-34(23-29)36-24-35-30-14-7-8-17-37(30)49-40(35)25-41(36)50-38/h1-25H. The molecule has 11 rings (SSSR count). The maximum atomic E-state index is 6.58. The normalized spacial score (nSPS) is 11.9. The summed E-state index contributed by atoms with van der Waals surface area (Å²) in [5.74, 6) is 1.78. The van der Waals surface area contributed by atoms with E-state index >= 15 is 0 Å². The summed E-state index contributed by atoms with van der Waals surface area (Å²) in [6, 6.07) is 51.2. The van der Waals surface area contributed by atoms with Crippen LogP contribution in [-0.4, -0.2) is 15.0 Å². The van der Waals surface area contributed by atoms with Crippen molar-refractivity contribution < 1.29 is 13.3 Å². The first-order chi connectivity index (χ1) is 25.2. The fourth-order valence-electron chi connectivity index (χ4n) is 7.26. The molecule has 0 amide bonds. The molecule has 6 nitrogen and oxygen atoms in total. The second-order valence-corrected chi connectivity index (χ2v) is 12.8. The molecule has 0 saturated carbocycles. The van der Waals surface area contributed by atoms with Crippen molar-refractivity contribution in [2.45, 2.75) is 0 Å². The molecule has 6 heteroatoms. The number of nitrogens with zero attached hydrogens (tertiary/aromatic N) is 3. The van der Waals surface area contributed by atoms with Crippen molar-refractivity contribution in [1.82, 2.24) is 15.0 Å². The topological polar surface area (TPSA) is 78.1 Å². The van der Waals surface area contributed by atoms with E-state index in [1.54, 1.807) is 0 Å². The van der Waals surface area contributed by atoms with Gasteiger partial charge in [-0.1, -0.05) is 103 Å². The van der Waals surface area contributed by atoms with Crippen molar-refractivity contribution in [1.29, 1.82) is 0 Å². The predicted octanol–water partition coefficient (Wildman–Crippen LogP) is 12.2. The van der Waals surface area contributed by atoms with Crippen LogP contribution in [0.25, 0.3) is 111 Å². The Bertz CT molecular complexity index is 3080. The summed E-state index contributed by atoms with van der Waals surface area (Å²) in [5.41, 5.74) is 9.70. The van der Waals surface area contributed by atoms with Crippen molar-refractivity contribution in [3.05, 3.63) is 152 Å². The molecule has 4 aromatic heterocycles. The van der Waals surface area contributed by atoms with E-state index in [9.17, 15) is 0 Å². The highest BCUT2D eigenvalue weighted by molar-refractivity contribution is 6.16. The largest absolute Gasteiger partial charge is 0.456 e. The minimum Gasteiger partial charge on any atom is -0.456 e.